The largest absolute Gasteiger partial charge is 0.545 e. The molecule has 19 heavy (non-hydrogen) atoms. The molecule has 0 amide bonds. The summed E-state index contributed by atoms with van der Waals surface area (Å²) in [5.74, 6) is -1.12. The molecule has 0 spiro atoms. The van der Waals surface area contributed by atoms with Gasteiger partial charge in [0.2, 0.25) is 0 Å². The van der Waals surface area contributed by atoms with Gasteiger partial charge in [-0.3, -0.25) is 0 Å². The Bertz CT molecular complexity index is 492. The number of carboxylic acid groups (broad SMARTS) is 1. The van der Waals surface area contributed by atoms with Crippen molar-refractivity contribution in [2.45, 2.75) is 13.3 Å². The first-order valence-electron chi connectivity index (χ1n) is 5.81. The van der Waals surface area contributed by atoms with Crippen molar-refractivity contribution in [2.75, 3.05) is 0 Å². The van der Waals surface area contributed by atoms with Crippen molar-refractivity contribution in [3.63, 3.8) is 0 Å². The minimum absolute atomic E-state index is 0. The zero-order valence-corrected chi connectivity index (χ0v) is 10.9. The lowest BCUT2D eigenvalue weighted by atomic mass is 10.00. The number of aromatic carboxylic acids is 1. The summed E-state index contributed by atoms with van der Waals surface area (Å²) in [6.45, 7) is 5.00. The number of carbonyl (C=O) groups excluding carboxylic acids is 1. The lowest BCUT2D eigenvalue weighted by Crippen LogP contribution is -2.23. The predicted octanol–water partition coefficient (Wildman–Crippen LogP) is 1.66. The SMILES string of the molecule is O.O=C([O-])c1ccccc1Cc1ccccc1.[CH2+]C. The van der Waals surface area contributed by atoms with Crippen molar-refractivity contribution in [1.29, 1.82) is 0 Å². The summed E-state index contributed by atoms with van der Waals surface area (Å²) >= 11 is 0. The van der Waals surface area contributed by atoms with Gasteiger partial charge in [0, 0.05) is 5.56 Å². The topological polar surface area (TPSA) is 71.6 Å². The Hall–Kier alpha value is -2.26. The van der Waals surface area contributed by atoms with Crippen LogP contribution >= 0.6 is 0 Å². The maximum atomic E-state index is 10.9. The van der Waals surface area contributed by atoms with Crippen LogP contribution in [0.4, 0.5) is 0 Å². The summed E-state index contributed by atoms with van der Waals surface area (Å²) < 4.78 is 0. The molecule has 0 bridgehead atoms. The Kier molecular flexibility index (Phi) is 7.73. The molecule has 0 saturated heterocycles. The predicted molar refractivity (Wildman–Crippen MR) is 74.7 cm³/mol. The molecular formula is C16H18O3. The molecule has 0 aliphatic heterocycles. The lowest BCUT2D eigenvalue weighted by Gasteiger charge is -2.09. The Morgan fingerprint density at radius 2 is 1.53 bits per heavy atom. The molecule has 3 nitrogen and oxygen atoms in total. The fourth-order valence-electron chi connectivity index (χ4n) is 1.69. The fourth-order valence-corrected chi connectivity index (χ4v) is 1.69. The molecule has 0 fully saturated rings. The molecule has 0 saturated carbocycles. The molecule has 2 aromatic rings. The molecule has 0 aromatic heterocycles. The second kappa shape index (κ2) is 8.78. The van der Waals surface area contributed by atoms with Gasteiger partial charge in [0.1, 0.15) is 0 Å². The van der Waals surface area contributed by atoms with Crippen molar-refractivity contribution in [3.8, 4) is 0 Å². The molecule has 100 valence electrons. The highest BCUT2D eigenvalue weighted by molar-refractivity contribution is 5.87. The standard InChI is InChI=1S/C14H12O2.C2H5.H2O/c15-14(16)13-9-5-4-8-12(13)10-11-6-2-1-3-7-11;1-2;/h1-9H,10H2,(H,15,16);1H2,2H3;1H2/q;+1;/p-1. The van der Waals surface area contributed by atoms with Crippen LogP contribution in [0.25, 0.3) is 0 Å². The van der Waals surface area contributed by atoms with Crippen molar-refractivity contribution in [1.82, 2.24) is 0 Å². The van der Waals surface area contributed by atoms with Gasteiger partial charge in [0.15, 0.2) is 0 Å². The van der Waals surface area contributed by atoms with Crippen LogP contribution < -0.4 is 5.11 Å². The molecule has 2 rings (SSSR count). The van der Waals surface area contributed by atoms with Gasteiger partial charge in [-0.2, -0.15) is 0 Å². The van der Waals surface area contributed by atoms with Crippen LogP contribution in [-0.2, 0) is 6.42 Å². The second-order valence-corrected chi connectivity index (χ2v) is 3.61. The van der Waals surface area contributed by atoms with Crippen LogP contribution in [0.1, 0.15) is 28.4 Å². The fraction of sp³-hybridized carbons (Fsp3) is 0.125. The van der Waals surface area contributed by atoms with Crippen LogP contribution in [0.3, 0.4) is 0 Å². The Morgan fingerprint density at radius 3 is 2.11 bits per heavy atom. The number of benzene rings is 2. The minimum Gasteiger partial charge on any atom is -0.545 e. The second-order valence-electron chi connectivity index (χ2n) is 3.61. The van der Waals surface area contributed by atoms with Gasteiger partial charge in [-0.25, -0.2) is 0 Å². The van der Waals surface area contributed by atoms with Crippen LogP contribution in [0, 0.1) is 6.92 Å². The van der Waals surface area contributed by atoms with E-state index in [1.807, 2.05) is 42.5 Å². The van der Waals surface area contributed by atoms with E-state index < -0.39 is 5.97 Å². The number of hydrogen-bond donors (Lipinski definition) is 0. The van der Waals surface area contributed by atoms with Gasteiger partial charge in [0.05, 0.1) is 19.8 Å². The van der Waals surface area contributed by atoms with Gasteiger partial charge in [0.25, 0.3) is 0 Å². The molecule has 0 heterocycles. The molecule has 0 unspecified atom stereocenters. The van der Waals surface area contributed by atoms with E-state index in [0.717, 1.165) is 11.1 Å². The molecule has 2 aromatic carbocycles. The number of hydrogen-bond acceptors (Lipinski definition) is 2. The van der Waals surface area contributed by atoms with E-state index in [2.05, 4.69) is 6.92 Å². The van der Waals surface area contributed by atoms with E-state index in [0.29, 0.717) is 6.42 Å². The van der Waals surface area contributed by atoms with Crippen LogP contribution in [-0.4, -0.2) is 11.4 Å². The Balaban J connectivity index is 0.00000103. The Labute approximate surface area is 113 Å². The maximum Gasteiger partial charge on any atom is 0.0746 e. The van der Waals surface area contributed by atoms with Crippen molar-refractivity contribution in [3.05, 3.63) is 78.2 Å². The molecular weight excluding hydrogens is 240 g/mol. The number of carbonyl (C=O) groups is 1. The highest BCUT2D eigenvalue weighted by Gasteiger charge is 2.02. The van der Waals surface area contributed by atoms with E-state index >= 15 is 0 Å². The van der Waals surface area contributed by atoms with Crippen molar-refractivity contribution in [2.24, 2.45) is 0 Å². The molecule has 0 aliphatic carbocycles. The van der Waals surface area contributed by atoms with E-state index in [1.54, 1.807) is 19.1 Å². The lowest BCUT2D eigenvalue weighted by molar-refractivity contribution is -0.255. The van der Waals surface area contributed by atoms with Gasteiger partial charge < -0.3 is 15.4 Å². The summed E-state index contributed by atoms with van der Waals surface area (Å²) in [4.78, 5) is 10.9. The summed E-state index contributed by atoms with van der Waals surface area (Å²) in [5, 5.41) is 10.9. The summed E-state index contributed by atoms with van der Waals surface area (Å²) in [5.41, 5.74) is 2.15. The van der Waals surface area contributed by atoms with E-state index in [-0.39, 0.29) is 11.0 Å². The summed E-state index contributed by atoms with van der Waals surface area (Å²) in [6, 6.07) is 16.7. The van der Waals surface area contributed by atoms with Gasteiger partial charge in [-0.15, -0.1) is 0 Å². The first-order valence-corrected chi connectivity index (χ1v) is 5.81. The van der Waals surface area contributed by atoms with Gasteiger partial charge in [-0.05, 0) is 17.5 Å². The average Bonchev–Trinajstić information content (AvgIpc) is 2.42. The molecule has 0 aliphatic rings. The minimum atomic E-state index is -1.12. The summed E-state index contributed by atoms with van der Waals surface area (Å²) in [7, 11) is 0. The first kappa shape index (κ1) is 16.7. The first-order chi connectivity index (χ1) is 8.77. The Morgan fingerprint density at radius 1 is 1.00 bits per heavy atom. The molecule has 3 heteroatoms. The highest BCUT2D eigenvalue weighted by Crippen LogP contribution is 2.13. The van der Waals surface area contributed by atoms with Gasteiger partial charge >= 0.3 is 0 Å². The van der Waals surface area contributed by atoms with Gasteiger partial charge in [-0.1, -0.05) is 54.6 Å². The highest BCUT2D eigenvalue weighted by atomic mass is 16.4. The maximum absolute atomic E-state index is 10.9. The zero-order valence-electron chi connectivity index (χ0n) is 10.9. The summed E-state index contributed by atoms with van der Waals surface area (Å²) in [6.07, 6.45) is 0.616. The van der Waals surface area contributed by atoms with Crippen LogP contribution in [0.2, 0.25) is 0 Å². The monoisotopic (exact) mass is 258 g/mol. The number of rotatable bonds is 3. The van der Waals surface area contributed by atoms with E-state index in [9.17, 15) is 9.90 Å². The quantitative estimate of drug-likeness (QED) is 0.785. The molecule has 2 N–H and O–H groups in total. The van der Waals surface area contributed by atoms with E-state index in [1.165, 1.54) is 0 Å². The van der Waals surface area contributed by atoms with Crippen molar-refractivity contribution < 1.29 is 15.4 Å². The zero-order chi connectivity index (χ0) is 13.4. The third kappa shape index (κ3) is 4.85. The van der Waals surface area contributed by atoms with Crippen LogP contribution in [0.15, 0.2) is 54.6 Å². The van der Waals surface area contributed by atoms with E-state index in [4.69, 9.17) is 0 Å². The number of carboxylic acids is 1. The smallest absolute Gasteiger partial charge is 0.0746 e. The van der Waals surface area contributed by atoms with Crippen LogP contribution in [0.5, 0.6) is 0 Å². The average molecular weight is 258 g/mol. The normalized spacial score (nSPS) is 8.68. The van der Waals surface area contributed by atoms with Crippen molar-refractivity contribution >= 4 is 5.97 Å². The third-order valence-corrected chi connectivity index (χ3v) is 2.47. The molecule has 0 radical (unpaired) electrons. The third-order valence-electron chi connectivity index (χ3n) is 2.47. The molecule has 0 atom stereocenters.